The van der Waals surface area contributed by atoms with Crippen LogP contribution in [0, 0.1) is 10.1 Å². The summed E-state index contributed by atoms with van der Waals surface area (Å²) in [5.74, 6) is 0.690. The molecule has 0 bridgehead atoms. The van der Waals surface area contributed by atoms with Gasteiger partial charge in [0.15, 0.2) is 0 Å². The number of aromatic amines is 1. The van der Waals surface area contributed by atoms with E-state index in [1.165, 1.54) is 6.07 Å². The molecule has 27 heavy (non-hydrogen) atoms. The average Bonchev–Trinajstić information content (AvgIpc) is 3.15. The highest BCUT2D eigenvalue weighted by Crippen LogP contribution is 2.28. The van der Waals surface area contributed by atoms with Crippen molar-refractivity contribution in [1.29, 1.82) is 0 Å². The summed E-state index contributed by atoms with van der Waals surface area (Å²) >= 11 is 0. The van der Waals surface area contributed by atoms with Gasteiger partial charge in [0.2, 0.25) is 5.82 Å². The Balaban J connectivity index is 1.59. The van der Waals surface area contributed by atoms with Gasteiger partial charge in [-0.05, 0) is 35.9 Å². The molecule has 9 nitrogen and oxygen atoms in total. The normalized spacial score (nSPS) is 10.7. The van der Waals surface area contributed by atoms with Gasteiger partial charge in [0.25, 0.3) is 0 Å². The van der Waals surface area contributed by atoms with E-state index < -0.39 is 4.92 Å². The summed E-state index contributed by atoms with van der Waals surface area (Å²) in [4.78, 5) is 19.3. The summed E-state index contributed by atoms with van der Waals surface area (Å²) in [6.07, 6.45) is 5.14. The second-order valence-corrected chi connectivity index (χ2v) is 5.83. The maximum Gasteiger partial charge on any atom is 0.311 e. The zero-order valence-corrected chi connectivity index (χ0v) is 14.1. The largest absolute Gasteiger partial charge is 0.366 e. The lowest BCUT2D eigenvalue weighted by molar-refractivity contribution is -0.384. The Hall–Kier alpha value is -4.01. The predicted molar refractivity (Wildman–Crippen MR) is 102 cm³/mol. The van der Waals surface area contributed by atoms with Gasteiger partial charge in [-0.25, -0.2) is 4.98 Å². The van der Waals surface area contributed by atoms with Crippen LogP contribution in [-0.2, 0) is 6.54 Å². The summed E-state index contributed by atoms with van der Waals surface area (Å²) in [6.45, 7) is 0.513. The molecule has 0 saturated carbocycles. The second kappa shape index (κ2) is 7.08. The average molecular weight is 361 g/mol. The lowest BCUT2D eigenvalue weighted by Crippen LogP contribution is -2.05. The third kappa shape index (κ3) is 3.66. The van der Waals surface area contributed by atoms with Crippen molar-refractivity contribution in [1.82, 2.24) is 20.2 Å². The van der Waals surface area contributed by atoms with Crippen LogP contribution in [0.4, 0.5) is 23.0 Å². The first-order valence-corrected chi connectivity index (χ1v) is 8.17. The molecule has 4 rings (SSSR count). The molecule has 0 radical (unpaired) electrons. The molecule has 0 saturated heterocycles. The molecule has 0 aliphatic carbocycles. The van der Waals surface area contributed by atoms with Gasteiger partial charge < -0.3 is 10.6 Å². The minimum atomic E-state index is -0.462. The number of nitro groups is 1. The predicted octanol–water partition coefficient (Wildman–Crippen LogP) is 3.62. The molecule has 0 amide bonds. The van der Waals surface area contributed by atoms with Crippen molar-refractivity contribution in [2.45, 2.75) is 6.54 Å². The molecule has 0 fully saturated rings. The lowest BCUT2D eigenvalue weighted by Gasteiger charge is -2.10. The number of anilines is 3. The maximum atomic E-state index is 11.4. The first kappa shape index (κ1) is 16.5. The zero-order chi connectivity index (χ0) is 18.6. The minimum Gasteiger partial charge on any atom is -0.366 e. The number of aromatic nitrogens is 4. The maximum absolute atomic E-state index is 11.4. The fourth-order valence-electron chi connectivity index (χ4n) is 2.64. The molecule has 0 aliphatic rings. The van der Waals surface area contributed by atoms with E-state index >= 15 is 0 Å². The summed E-state index contributed by atoms with van der Waals surface area (Å²) in [6, 6.07) is 12.3. The molecule has 4 aromatic rings. The van der Waals surface area contributed by atoms with Gasteiger partial charge in [-0.15, -0.1) is 0 Å². The van der Waals surface area contributed by atoms with Crippen LogP contribution >= 0.6 is 0 Å². The molecule has 0 spiro atoms. The van der Waals surface area contributed by atoms with Crippen LogP contribution in [0.2, 0.25) is 0 Å². The van der Waals surface area contributed by atoms with E-state index in [0.717, 1.165) is 16.5 Å². The van der Waals surface area contributed by atoms with Crippen molar-refractivity contribution in [3.8, 4) is 0 Å². The van der Waals surface area contributed by atoms with E-state index in [0.29, 0.717) is 18.1 Å². The number of nitrogens with zero attached hydrogens (tertiary/aromatic N) is 4. The van der Waals surface area contributed by atoms with Gasteiger partial charge in [-0.2, -0.15) is 5.10 Å². The number of nitrogens with one attached hydrogen (secondary N) is 3. The third-order valence-corrected chi connectivity index (χ3v) is 3.97. The molecular formula is C18H15N7O2. The van der Waals surface area contributed by atoms with E-state index in [1.807, 2.05) is 30.3 Å². The van der Waals surface area contributed by atoms with Crippen LogP contribution in [0.3, 0.4) is 0 Å². The van der Waals surface area contributed by atoms with E-state index in [9.17, 15) is 10.1 Å². The van der Waals surface area contributed by atoms with Crippen molar-refractivity contribution in [2.24, 2.45) is 0 Å². The van der Waals surface area contributed by atoms with E-state index in [2.05, 4.69) is 30.8 Å². The summed E-state index contributed by atoms with van der Waals surface area (Å²) in [7, 11) is 0. The van der Waals surface area contributed by atoms with Gasteiger partial charge in [0.1, 0.15) is 5.82 Å². The number of rotatable bonds is 6. The van der Waals surface area contributed by atoms with Gasteiger partial charge in [-0.3, -0.25) is 20.2 Å². The van der Waals surface area contributed by atoms with Crippen molar-refractivity contribution in [2.75, 3.05) is 10.6 Å². The number of H-pyrrole nitrogens is 1. The highest BCUT2D eigenvalue weighted by Gasteiger charge is 2.16. The van der Waals surface area contributed by atoms with Crippen molar-refractivity contribution in [3.05, 3.63) is 76.7 Å². The third-order valence-electron chi connectivity index (χ3n) is 3.97. The van der Waals surface area contributed by atoms with Crippen LogP contribution in [0.25, 0.3) is 10.9 Å². The zero-order valence-electron chi connectivity index (χ0n) is 14.1. The minimum absolute atomic E-state index is 0.103. The molecule has 1 aromatic carbocycles. The van der Waals surface area contributed by atoms with E-state index in [-0.39, 0.29) is 11.5 Å². The van der Waals surface area contributed by atoms with E-state index in [4.69, 9.17) is 0 Å². The second-order valence-electron chi connectivity index (χ2n) is 5.83. The van der Waals surface area contributed by atoms with Crippen molar-refractivity contribution >= 4 is 33.9 Å². The molecule has 3 heterocycles. The fourth-order valence-corrected chi connectivity index (χ4v) is 2.64. The van der Waals surface area contributed by atoms with Crippen LogP contribution in [0.5, 0.6) is 0 Å². The Morgan fingerprint density at radius 2 is 2.07 bits per heavy atom. The van der Waals surface area contributed by atoms with Crippen LogP contribution in [0.1, 0.15) is 5.56 Å². The van der Waals surface area contributed by atoms with Gasteiger partial charge in [0.05, 0.1) is 16.6 Å². The number of hydrogen-bond donors (Lipinski definition) is 3. The highest BCUT2D eigenvalue weighted by atomic mass is 16.6. The number of benzene rings is 1. The van der Waals surface area contributed by atoms with Crippen LogP contribution in [-0.4, -0.2) is 25.1 Å². The summed E-state index contributed by atoms with van der Waals surface area (Å²) in [5.41, 5.74) is 2.45. The molecule has 3 aromatic heterocycles. The van der Waals surface area contributed by atoms with Crippen LogP contribution in [0.15, 0.2) is 61.1 Å². The molecule has 0 unspecified atom stereocenters. The monoisotopic (exact) mass is 361 g/mol. The smallest absolute Gasteiger partial charge is 0.311 e. The molecule has 9 heteroatoms. The number of fused-ring (bicyclic) bond motifs is 1. The number of hydrogen-bond acceptors (Lipinski definition) is 7. The Bertz CT molecular complexity index is 1100. The number of pyridine rings is 2. The molecular weight excluding hydrogens is 346 g/mol. The quantitative estimate of drug-likeness (QED) is 0.354. The van der Waals surface area contributed by atoms with Crippen LogP contribution < -0.4 is 10.6 Å². The standard InChI is InChI=1S/C18H15N7O2/c26-25(27)16-5-6-17(20-10-12-2-1-7-19-9-12)23-18(16)22-14-3-4-15-13(8-14)11-21-24-15/h1-9,11H,10H2,(H,21,24)(H2,20,22,23). The first-order chi connectivity index (χ1) is 13.2. The van der Waals surface area contributed by atoms with Crippen molar-refractivity contribution < 1.29 is 4.92 Å². The molecule has 134 valence electrons. The summed E-state index contributed by atoms with van der Waals surface area (Å²) < 4.78 is 0. The lowest BCUT2D eigenvalue weighted by atomic mass is 10.2. The Labute approximate surface area is 153 Å². The van der Waals surface area contributed by atoms with Gasteiger partial charge in [-0.1, -0.05) is 6.07 Å². The van der Waals surface area contributed by atoms with E-state index in [1.54, 1.807) is 24.7 Å². The highest BCUT2D eigenvalue weighted by molar-refractivity contribution is 5.83. The Morgan fingerprint density at radius 1 is 1.15 bits per heavy atom. The van der Waals surface area contributed by atoms with Crippen molar-refractivity contribution in [3.63, 3.8) is 0 Å². The first-order valence-electron chi connectivity index (χ1n) is 8.17. The SMILES string of the molecule is O=[N+]([O-])c1ccc(NCc2cccnc2)nc1Nc1ccc2[nH]ncc2c1. The topological polar surface area (TPSA) is 122 Å². The fraction of sp³-hybridized carbons (Fsp3) is 0.0556. The molecule has 0 atom stereocenters. The molecule has 0 aliphatic heterocycles. The Morgan fingerprint density at radius 3 is 2.89 bits per heavy atom. The Kier molecular flexibility index (Phi) is 4.32. The summed E-state index contributed by atoms with van der Waals surface area (Å²) in [5, 5.41) is 25.3. The van der Waals surface area contributed by atoms with Gasteiger partial charge >= 0.3 is 5.69 Å². The molecule has 3 N–H and O–H groups in total. The van der Waals surface area contributed by atoms with Gasteiger partial charge in [0, 0.05) is 36.1 Å².